The first-order valence-electron chi connectivity index (χ1n) is 21.1. The Bertz CT molecular complexity index is 2430. The van der Waals surface area contributed by atoms with Gasteiger partial charge in [-0.05, 0) is 51.0 Å². The van der Waals surface area contributed by atoms with Crippen molar-refractivity contribution in [3.63, 3.8) is 0 Å². The minimum absolute atomic E-state index is 0.0583. The molecule has 2 aromatic heterocycles. The Morgan fingerprint density at radius 1 is 0.721 bits per heavy atom. The van der Waals surface area contributed by atoms with E-state index in [1.807, 2.05) is 0 Å². The molecule has 68 heavy (non-hydrogen) atoms. The summed E-state index contributed by atoms with van der Waals surface area (Å²) in [5.41, 5.74) is 1.50. The molecule has 0 spiro atoms. The molecule has 0 bridgehead atoms. The van der Waals surface area contributed by atoms with Gasteiger partial charge in [0.15, 0.2) is 21.7 Å². The van der Waals surface area contributed by atoms with Crippen LogP contribution in [0.2, 0.25) is 10.0 Å². The topological polar surface area (TPSA) is 174 Å². The van der Waals surface area contributed by atoms with E-state index in [9.17, 15) is 46.1 Å². The van der Waals surface area contributed by atoms with Crippen molar-refractivity contribution < 1.29 is 55.6 Å². The van der Waals surface area contributed by atoms with Crippen molar-refractivity contribution in [2.24, 2.45) is 9.98 Å². The monoisotopic (exact) mass is 1030 g/mol. The number of nitrogens with zero attached hydrogens (tertiary/aromatic N) is 6. The maximum Gasteiger partial charge on any atom is 0.338 e. The molecule has 6 heterocycles. The van der Waals surface area contributed by atoms with E-state index in [1.54, 1.807) is 37.0 Å². The number of carbonyl (C=O) groups is 2. The Morgan fingerprint density at radius 2 is 1.12 bits per heavy atom. The third-order valence-electron chi connectivity index (χ3n) is 11.1. The fourth-order valence-corrected chi connectivity index (χ4v) is 9.56. The molecule has 24 heteroatoms. The molecule has 0 aliphatic carbocycles. The predicted molar refractivity (Wildman–Crippen MR) is 243 cm³/mol. The Kier molecular flexibility index (Phi) is 16.3. The summed E-state index contributed by atoms with van der Waals surface area (Å²) >= 11 is 15.2. The molecule has 364 valence electrons. The van der Waals surface area contributed by atoms with Crippen LogP contribution >= 0.6 is 45.9 Å². The highest BCUT2D eigenvalue weighted by molar-refractivity contribution is 7.12. The number of hydrogen-bond donors (Lipinski definition) is 4. The number of alkyl halides is 4. The summed E-state index contributed by atoms with van der Waals surface area (Å²) < 4.78 is 94.8. The minimum Gasteiger partial charge on any atom is -0.463 e. The van der Waals surface area contributed by atoms with Crippen LogP contribution in [0.5, 0.6) is 0 Å². The molecule has 2 aromatic carbocycles. The molecule has 4 aliphatic rings. The SMILES string of the molecule is CCOC(=O)C1=C(CN2CC[C@@H](O)C(F)(F)C2)NC(c2nccs2)=N[C@@H]1c1ccc(F)cc1Cl.CCOC(=O)C1=C(CN2CC[C@H](O)C(F)(F)C2)NC(c2nccs2)=N[C@H]1c1ccc(F)cc1Cl. The first-order valence-corrected chi connectivity index (χ1v) is 23.7. The lowest BCUT2D eigenvalue weighted by atomic mass is 9.94. The van der Waals surface area contributed by atoms with Crippen LogP contribution in [0.3, 0.4) is 0 Å². The summed E-state index contributed by atoms with van der Waals surface area (Å²) in [6.07, 6.45) is -0.507. The molecule has 2 fully saturated rings. The van der Waals surface area contributed by atoms with Crippen LogP contribution in [0.25, 0.3) is 0 Å². The number of aliphatic hydroxyl groups is 2. The number of aliphatic imine (C=N–C) groups is 2. The molecule has 0 saturated carbocycles. The fourth-order valence-electron chi connectivity index (χ4n) is 7.85. The van der Waals surface area contributed by atoms with Gasteiger partial charge in [-0.3, -0.25) is 19.8 Å². The zero-order chi connectivity index (χ0) is 48.9. The van der Waals surface area contributed by atoms with Crippen LogP contribution in [0.1, 0.15) is 59.9 Å². The summed E-state index contributed by atoms with van der Waals surface area (Å²) in [6, 6.07) is 5.56. The molecule has 0 radical (unpaired) electrons. The van der Waals surface area contributed by atoms with E-state index in [4.69, 9.17) is 32.7 Å². The number of benzene rings is 2. The number of ether oxygens (including phenoxy) is 2. The number of halogens is 8. The van der Waals surface area contributed by atoms with Crippen LogP contribution < -0.4 is 10.6 Å². The quantitative estimate of drug-likeness (QED) is 0.0840. The van der Waals surface area contributed by atoms with Crippen molar-refractivity contribution in [1.82, 2.24) is 30.4 Å². The maximum atomic E-state index is 14.2. The summed E-state index contributed by atoms with van der Waals surface area (Å²) in [7, 11) is 0. The second kappa shape index (κ2) is 21.8. The summed E-state index contributed by atoms with van der Waals surface area (Å²) in [6.45, 7) is 2.37. The molecular weight excluding hydrogens is 986 g/mol. The Labute approximate surface area is 404 Å². The number of amidine groups is 2. The third kappa shape index (κ3) is 11.7. The largest absolute Gasteiger partial charge is 0.463 e. The summed E-state index contributed by atoms with van der Waals surface area (Å²) in [5.74, 6) is -8.42. The van der Waals surface area contributed by atoms with Crippen LogP contribution in [0.4, 0.5) is 26.3 Å². The van der Waals surface area contributed by atoms with E-state index in [2.05, 4.69) is 30.6 Å². The molecule has 0 amide bonds. The number of nitrogens with one attached hydrogen (secondary N) is 2. The lowest BCUT2D eigenvalue weighted by Gasteiger charge is -2.37. The van der Waals surface area contributed by atoms with Crippen molar-refractivity contribution in [2.75, 3.05) is 52.5 Å². The van der Waals surface area contributed by atoms with E-state index in [0.29, 0.717) is 44.2 Å². The normalized spacial score (nSPS) is 22.8. The summed E-state index contributed by atoms with van der Waals surface area (Å²) in [5, 5.41) is 30.1. The van der Waals surface area contributed by atoms with Gasteiger partial charge in [0.25, 0.3) is 11.8 Å². The molecular formula is C44H44Cl2F6N8O6S2. The lowest BCUT2D eigenvalue weighted by Crippen LogP contribution is -2.53. The zero-order valence-corrected chi connectivity index (χ0v) is 39.3. The molecule has 4 atom stereocenters. The molecule has 4 aliphatic heterocycles. The molecule has 2 saturated heterocycles. The highest BCUT2D eigenvalue weighted by Gasteiger charge is 2.46. The number of likely N-dealkylation sites (tertiary alicyclic amines) is 2. The van der Waals surface area contributed by atoms with Gasteiger partial charge < -0.3 is 30.3 Å². The number of hydrogen-bond acceptors (Lipinski definition) is 16. The average molecular weight is 1030 g/mol. The van der Waals surface area contributed by atoms with E-state index < -0.39 is 72.8 Å². The van der Waals surface area contributed by atoms with E-state index in [-0.39, 0.29) is 73.4 Å². The fraction of sp³-hybridized carbons (Fsp3) is 0.409. The highest BCUT2D eigenvalue weighted by atomic mass is 35.5. The van der Waals surface area contributed by atoms with Gasteiger partial charge in [0, 0.05) is 81.9 Å². The summed E-state index contributed by atoms with van der Waals surface area (Å²) in [4.78, 5) is 46.8. The van der Waals surface area contributed by atoms with E-state index in [0.717, 1.165) is 12.1 Å². The van der Waals surface area contributed by atoms with Gasteiger partial charge in [-0.15, -0.1) is 22.7 Å². The second-order valence-corrected chi connectivity index (χ2v) is 18.4. The van der Waals surface area contributed by atoms with Crippen molar-refractivity contribution >= 4 is 69.5 Å². The first kappa shape index (κ1) is 50.9. The Balaban J connectivity index is 0.000000201. The Hall–Kier alpha value is -4.94. The number of thiazole rings is 2. The van der Waals surface area contributed by atoms with Crippen LogP contribution in [0, 0.1) is 11.6 Å². The minimum atomic E-state index is -3.29. The van der Waals surface area contributed by atoms with E-state index in [1.165, 1.54) is 56.7 Å². The molecule has 0 unspecified atom stereocenters. The van der Waals surface area contributed by atoms with Crippen molar-refractivity contribution in [3.8, 4) is 0 Å². The molecule has 4 N–H and O–H groups in total. The standard InChI is InChI=1S/2C22H22ClF3N4O3S/c2*1-2-33-21(32)17-15(10-30-7-5-16(31)22(25,26)11-30)28-19(20-27-6-8-34-20)29-18(17)13-4-3-12(24)9-14(13)23/h2*3-4,6,8-9,16,18,31H,2,5,7,10-11H2,1H3,(H,28,29)/t2*16-,18-/m10/s1. The van der Waals surface area contributed by atoms with Crippen LogP contribution in [-0.2, 0) is 19.1 Å². The van der Waals surface area contributed by atoms with Gasteiger partial charge in [-0.25, -0.2) is 45.9 Å². The Morgan fingerprint density at radius 3 is 1.44 bits per heavy atom. The van der Waals surface area contributed by atoms with Gasteiger partial charge in [0.1, 0.15) is 35.9 Å². The van der Waals surface area contributed by atoms with Gasteiger partial charge >= 0.3 is 11.9 Å². The van der Waals surface area contributed by atoms with Crippen molar-refractivity contribution in [1.29, 1.82) is 0 Å². The lowest BCUT2D eigenvalue weighted by molar-refractivity contribution is -0.148. The second-order valence-electron chi connectivity index (χ2n) is 15.8. The van der Waals surface area contributed by atoms with Crippen LogP contribution in [-0.4, -0.2) is 130 Å². The number of esters is 2. The third-order valence-corrected chi connectivity index (χ3v) is 13.3. The number of aromatic nitrogens is 2. The van der Waals surface area contributed by atoms with Crippen molar-refractivity contribution in [2.45, 2.75) is 62.8 Å². The van der Waals surface area contributed by atoms with E-state index >= 15 is 0 Å². The number of rotatable bonds is 12. The van der Waals surface area contributed by atoms with Gasteiger partial charge in [-0.1, -0.05) is 35.3 Å². The molecule has 4 aromatic rings. The van der Waals surface area contributed by atoms with Crippen LogP contribution in [0.15, 0.2) is 92.1 Å². The number of piperidine rings is 2. The number of aliphatic hydroxyl groups excluding tert-OH is 2. The number of carbonyl (C=O) groups excluding carboxylic acids is 2. The van der Waals surface area contributed by atoms with Gasteiger partial charge in [-0.2, -0.15) is 0 Å². The molecule has 8 rings (SSSR count). The zero-order valence-electron chi connectivity index (χ0n) is 36.2. The predicted octanol–water partition coefficient (Wildman–Crippen LogP) is 7.09. The van der Waals surface area contributed by atoms with Gasteiger partial charge in [0.2, 0.25) is 0 Å². The maximum absolute atomic E-state index is 14.2. The molecule has 14 nitrogen and oxygen atoms in total. The highest BCUT2D eigenvalue weighted by Crippen LogP contribution is 2.40. The van der Waals surface area contributed by atoms with Gasteiger partial charge in [0.05, 0.1) is 37.4 Å². The van der Waals surface area contributed by atoms with Crippen molar-refractivity contribution in [3.05, 3.63) is 125 Å². The first-order chi connectivity index (χ1) is 32.4. The smallest absolute Gasteiger partial charge is 0.338 e. The average Bonchev–Trinajstić information content (AvgIpc) is 4.03.